The minimum absolute atomic E-state index is 0.0228. The van der Waals surface area contributed by atoms with E-state index in [2.05, 4.69) is 31.0 Å². The highest BCUT2D eigenvalue weighted by molar-refractivity contribution is 5.95. The number of likely N-dealkylation sites (tertiary alicyclic amines) is 1. The molecule has 16 nitrogen and oxygen atoms in total. The van der Waals surface area contributed by atoms with E-state index in [-0.39, 0.29) is 48.7 Å². The zero-order chi connectivity index (χ0) is 30.9. The summed E-state index contributed by atoms with van der Waals surface area (Å²) in [6.07, 6.45) is 2.89. The van der Waals surface area contributed by atoms with Crippen molar-refractivity contribution in [3.05, 3.63) is 47.9 Å². The first kappa shape index (κ1) is 30.4. The molecule has 2 saturated heterocycles. The van der Waals surface area contributed by atoms with E-state index in [1.807, 2.05) is 25.1 Å². The zero-order valence-electron chi connectivity index (χ0n) is 24.6. The Labute approximate surface area is 253 Å². The Morgan fingerprint density at radius 3 is 2.52 bits per heavy atom. The Hall–Kier alpha value is -5.02. The standard InChI is InChI=1S/C28H36N10O6/c1-2-3-16-43-28(42)36-14-12-35(13-15-36)23(39)18-29-27(41)21-17-25(38(32-21)20-8-5-4-6-9-20)44-19-24(40)37-11-7-10-22(37)26-30-33-34-31-26/h4-6,8-9,17,22H,2-3,7,10-16,18-19H2,1H3,(H,29,41)(H,30,31,33,34). The van der Waals surface area contributed by atoms with Crippen molar-refractivity contribution in [2.45, 2.75) is 38.6 Å². The molecule has 3 aromatic rings. The van der Waals surface area contributed by atoms with Crippen LogP contribution in [0.4, 0.5) is 4.79 Å². The summed E-state index contributed by atoms with van der Waals surface area (Å²) in [4.78, 5) is 55.9. The molecule has 2 aliphatic rings. The lowest BCUT2D eigenvalue weighted by Crippen LogP contribution is -2.52. The molecule has 0 saturated carbocycles. The number of carbonyl (C=O) groups is 4. The highest BCUT2D eigenvalue weighted by atomic mass is 16.6. The summed E-state index contributed by atoms with van der Waals surface area (Å²) >= 11 is 0. The molecule has 0 spiro atoms. The minimum atomic E-state index is -0.570. The van der Waals surface area contributed by atoms with E-state index in [0.717, 1.165) is 25.7 Å². The molecule has 16 heteroatoms. The molecule has 2 aromatic heterocycles. The fourth-order valence-electron chi connectivity index (χ4n) is 5.09. The molecule has 1 aromatic carbocycles. The molecule has 0 radical (unpaired) electrons. The molecular weight excluding hydrogens is 572 g/mol. The fourth-order valence-corrected chi connectivity index (χ4v) is 5.09. The van der Waals surface area contributed by atoms with Crippen LogP contribution in [0.3, 0.4) is 0 Å². The van der Waals surface area contributed by atoms with Gasteiger partial charge in [-0.15, -0.1) is 10.2 Å². The number of H-pyrrole nitrogens is 1. The van der Waals surface area contributed by atoms with Gasteiger partial charge in [-0.1, -0.05) is 36.8 Å². The van der Waals surface area contributed by atoms with Crippen molar-refractivity contribution in [3.63, 3.8) is 0 Å². The number of unbranched alkanes of at least 4 members (excludes halogenated alkanes) is 1. The van der Waals surface area contributed by atoms with Gasteiger partial charge >= 0.3 is 6.09 Å². The Bertz CT molecular complexity index is 1420. The number of benzene rings is 1. The number of nitrogens with zero attached hydrogens (tertiary/aromatic N) is 8. The minimum Gasteiger partial charge on any atom is -0.467 e. The maximum absolute atomic E-state index is 13.1. The molecule has 4 amide bonds. The van der Waals surface area contributed by atoms with Crippen LogP contribution in [0.15, 0.2) is 36.4 Å². The van der Waals surface area contributed by atoms with Crippen molar-refractivity contribution in [2.24, 2.45) is 0 Å². The van der Waals surface area contributed by atoms with Crippen molar-refractivity contribution in [2.75, 3.05) is 52.5 Å². The third-order valence-corrected chi connectivity index (χ3v) is 7.50. The molecule has 0 aliphatic carbocycles. The normalized spacial score (nSPS) is 16.6. The lowest BCUT2D eigenvalue weighted by molar-refractivity contribution is -0.134. The van der Waals surface area contributed by atoms with E-state index in [0.29, 0.717) is 50.8 Å². The van der Waals surface area contributed by atoms with Gasteiger partial charge in [-0.25, -0.2) is 9.48 Å². The average Bonchev–Trinajstić information content (AvgIpc) is 3.84. The lowest BCUT2D eigenvalue weighted by atomic mass is 10.2. The number of nitrogens with one attached hydrogen (secondary N) is 2. The monoisotopic (exact) mass is 608 g/mol. The summed E-state index contributed by atoms with van der Waals surface area (Å²) < 4.78 is 12.6. The molecule has 1 unspecified atom stereocenters. The number of aromatic nitrogens is 6. The number of rotatable bonds is 11. The molecule has 2 aliphatic heterocycles. The van der Waals surface area contributed by atoms with Gasteiger partial charge in [-0.05, 0) is 31.4 Å². The van der Waals surface area contributed by atoms with Crippen LogP contribution in [0.1, 0.15) is 55.0 Å². The van der Waals surface area contributed by atoms with Crippen LogP contribution < -0.4 is 10.1 Å². The first-order valence-corrected chi connectivity index (χ1v) is 14.7. The second-order valence-electron chi connectivity index (χ2n) is 10.4. The molecule has 0 bridgehead atoms. The summed E-state index contributed by atoms with van der Waals surface area (Å²) in [5, 5.41) is 21.1. The number of aromatic amines is 1. The van der Waals surface area contributed by atoms with E-state index < -0.39 is 5.91 Å². The number of para-hydroxylation sites is 1. The number of amides is 4. The highest BCUT2D eigenvalue weighted by Crippen LogP contribution is 2.29. The van der Waals surface area contributed by atoms with Crippen LogP contribution in [0.2, 0.25) is 0 Å². The maximum atomic E-state index is 13.1. The van der Waals surface area contributed by atoms with Gasteiger partial charge in [0.25, 0.3) is 11.8 Å². The maximum Gasteiger partial charge on any atom is 0.409 e. The molecule has 2 fully saturated rings. The van der Waals surface area contributed by atoms with E-state index in [9.17, 15) is 19.2 Å². The smallest absolute Gasteiger partial charge is 0.409 e. The van der Waals surface area contributed by atoms with E-state index >= 15 is 0 Å². The molecule has 2 N–H and O–H groups in total. The van der Waals surface area contributed by atoms with Gasteiger partial charge in [0.2, 0.25) is 11.8 Å². The van der Waals surface area contributed by atoms with Gasteiger partial charge in [0.15, 0.2) is 18.1 Å². The van der Waals surface area contributed by atoms with Gasteiger partial charge in [0, 0.05) is 38.8 Å². The second kappa shape index (κ2) is 14.4. The quantitative estimate of drug-likeness (QED) is 0.297. The Morgan fingerprint density at radius 1 is 1.02 bits per heavy atom. The largest absolute Gasteiger partial charge is 0.467 e. The molecule has 4 heterocycles. The fraction of sp³-hybridized carbons (Fsp3) is 0.500. The summed E-state index contributed by atoms with van der Waals surface area (Å²) in [6.45, 7) is 3.82. The molecule has 234 valence electrons. The third kappa shape index (κ3) is 7.30. The number of hydrogen-bond donors (Lipinski definition) is 2. The first-order valence-electron chi connectivity index (χ1n) is 14.7. The summed E-state index contributed by atoms with van der Waals surface area (Å²) in [6, 6.07) is 10.2. The van der Waals surface area contributed by atoms with Gasteiger partial charge < -0.3 is 29.5 Å². The molecule has 44 heavy (non-hydrogen) atoms. The van der Waals surface area contributed by atoms with Crippen LogP contribution in [0.5, 0.6) is 5.88 Å². The third-order valence-electron chi connectivity index (χ3n) is 7.50. The van der Waals surface area contributed by atoms with Crippen molar-refractivity contribution in [1.29, 1.82) is 0 Å². The SMILES string of the molecule is CCCCOC(=O)N1CCN(C(=O)CNC(=O)c2cc(OCC(=O)N3CCCC3c3nn[nH]n3)n(-c3ccccc3)n2)CC1. The van der Waals surface area contributed by atoms with Gasteiger partial charge in [-0.2, -0.15) is 10.3 Å². The second-order valence-corrected chi connectivity index (χ2v) is 10.4. The molecular formula is C28H36N10O6. The van der Waals surface area contributed by atoms with Crippen LogP contribution >= 0.6 is 0 Å². The first-order chi connectivity index (χ1) is 21.4. The highest BCUT2D eigenvalue weighted by Gasteiger charge is 2.33. The number of tetrazole rings is 1. The number of hydrogen-bond acceptors (Lipinski definition) is 10. The predicted molar refractivity (Wildman–Crippen MR) is 154 cm³/mol. The Morgan fingerprint density at radius 2 is 1.80 bits per heavy atom. The Kier molecular flexibility index (Phi) is 9.99. The molecule has 5 rings (SSSR count). The lowest BCUT2D eigenvalue weighted by Gasteiger charge is -2.34. The Balaban J connectivity index is 1.17. The van der Waals surface area contributed by atoms with Crippen molar-refractivity contribution >= 4 is 23.8 Å². The van der Waals surface area contributed by atoms with Gasteiger partial charge in [0.1, 0.15) is 0 Å². The van der Waals surface area contributed by atoms with Gasteiger partial charge in [-0.3, -0.25) is 14.4 Å². The van der Waals surface area contributed by atoms with Gasteiger partial charge in [0.05, 0.1) is 24.9 Å². The topological polar surface area (TPSA) is 181 Å². The van der Waals surface area contributed by atoms with Crippen LogP contribution in [0.25, 0.3) is 5.69 Å². The van der Waals surface area contributed by atoms with Crippen molar-refractivity contribution in [3.8, 4) is 11.6 Å². The van der Waals surface area contributed by atoms with Crippen molar-refractivity contribution < 1.29 is 28.7 Å². The van der Waals surface area contributed by atoms with E-state index in [1.165, 1.54) is 10.7 Å². The van der Waals surface area contributed by atoms with Crippen LogP contribution in [0, 0.1) is 0 Å². The van der Waals surface area contributed by atoms with Crippen LogP contribution in [-0.2, 0) is 14.3 Å². The zero-order valence-corrected chi connectivity index (χ0v) is 24.6. The number of piperazine rings is 1. The van der Waals surface area contributed by atoms with E-state index in [1.54, 1.807) is 26.8 Å². The number of carbonyl (C=O) groups excluding carboxylic acids is 4. The number of ether oxygens (including phenoxy) is 2. The summed E-state index contributed by atoms with van der Waals surface area (Å²) in [5.74, 6) is -0.462. The van der Waals surface area contributed by atoms with Crippen LogP contribution in [-0.4, -0.2) is 121 Å². The van der Waals surface area contributed by atoms with E-state index in [4.69, 9.17) is 9.47 Å². The van der Waals surface area contributed by atoms with Crippen molar-refractivity contribution in [1.82, 2.24) is 50.4 Å². The summed E-state index contributed by atoms with van der Waals surface area (Å²) in [5.41, 5.74) is 0.650. The summed E-state index contributed by atoms with van der Waals surface area (Å²) in [7, 11) is 0. The average molecular weight is 609 g/mol. The molecule has 1 atom stereocenters. The predicted octanol–water partition coefficient (Wildman–Crippen LogP) is 0.939.